The molecule has 0 aromatic rings. The Morgan fingerprint density at radius 3 is 2.18 bits per heavy atom. The van der Waals surface area contributed by atoms with Crippen molar-refractivity contribution in [2.24, 2.45) is 0 Å². The normalized spacial score (nSPS) is 13.3. The second-order valence-corrected chi connectivity index (χ2v) is 9.49. The average molecular weight is 172 g/mol. The molecule has 0 atom stereocenters. The molecule has 2 nitrogen and oxygen atoms in total. The first-order chi connectivity index (χ1) is 4.83. The van der Waals surface area contributed by atoms with Crippen LogP contribution in [-0.4, -0.2) is 19.1 Å². The summed E-state index contributed by atoms with van der Waals surface area (Å²) >= 11 is 0. The van der Waals surface area contributed by atoms with Crippen LogP contribution in [0.4, 0.5) is 0 Å². The van der Waals surface area contributed by atoms with Gasteiger partial charge in [-0.3, -0.25) is 0 Å². The van der Waals surface area contributed by atoms with E-state index in [1.807, 2.05) is 6.08 Å². The van der Waals surface area contributed by atoms with Crippen LogP contribution in [0.15, 0.2) is 11.6 Å². The summed E-state index contributed by atoms with van der Waals surface area (Å²) in [6, 6.07) is 0.950. The smallest absolute Gasteiger partial charge is 0.330 e. The second kappa shape index (κ2) is 3.71. The molecule has 0 fully saturated rings. The Balaban J connectivity index is 4.04. The fourth-order valence-electron chi connectivity index (χ4n) is 0.547. The van der Waals surface area contributed by atoms with E-state index in [9.17, 15) is 4.79 Å². The first-order valence-electron chi connectivity index (χ1n) is 3.73. The highest BCUT2D eigenvalue weighted by Gasteiger charge is 2.11. The van der Waals surface area contributed by atoms with Crippen LogP contribution < -0.4 is 0 Å². The zero-order valence-corrected chi connectivity index (χ0v) is 8.64. The molecule has 1 N–H and O–H groups in total. The molecule has 0 radical (unpaired) electrons. The molecule has 0 unspecified atom stereocenters. The van der Waals surface area contributed by atoms with Gasteiger partial charge in [0.15, 0.2) is 0 Å². The van der Waals surface area contributed by atoms with Crippen LogP contribution in [0.1, 0.15) is 6.92 Å². The van der Waals surface area contributed by atoms with Crippen LogP contribution in [0, 0.1) is 0 Å². The molecule has 0 amide bonds. The van der Waals surface area contributed by atoms with Crippen molar-refractivity contribution < 1.29 is 9.90 Å². The molecule has 3 heteroatoms. The number of carboxylic acids is 1. The predicted octanol–water partition coefficient (Wildman–Crippen LogP) is 2.36. The van der Waals surface area contributed by atoms with Crippen LogP contribution in [0.25, 0.3) is 0 Å². The highest BCUT2D eigenvalue weighted by Crippen LogP contribution is 2.10. The van der Waals surface area contributed by atoms with Gasteiger partial charge in [0.25, 0.3) is 0 Å². The van der Waals surface area contributed by atoms with Gasteiger partial charge >= 0.3 is 5.97 Å². The third-order valence-electron chi connectivity index (χ3n) is 1.36. The predicted molar refractivity (Wildman–Crippen MR) is 49.5 cm³/mol. The first-order valence-corrected chi connectivity index (χ1v) is 7.44. The van der Waals surface area contributed by atoms with Crippen molar-refractivity contribution >= 4 is 14.0 Å². The standard InChI is InChI=1S/C8H16O2Si/c1-7(8(9)10)5-6-11(2,3)4/h5H,6H2,1-4H3,(H,9,10)/b7-5+. The summed E-state index contributed by atoms with van der Waals surface area (Å²) in [4.78, 5) is 10.4. The Morgan fingerprint density at radius 2 is 1.91 bits per heavy atom. The van der Waals surface area contributed by atoms with Gasteiger partial charge in [0.05, 0.1) is 0 Å². The monoisotopic (exact) mass is 172 g/mol. The number of allylic oxidation sites excluding steroid dienone is 1. The lowest BCUT2D eigenvalue weighted by molar-refractivity contribution is -0.132. The van der Waals surface area contributed by atoms with Crippen LogP contribution in [0.5, 0.6) is 0 Å². The van der Waals surface area contributed by atoms with E-state index < -0.39 is 14.0 Å². The lowest BCUT2D eigenvalue weighted by Gasteiger charge is -2.11. The number of hydrogen-bond acceptors (Lipinski definition) is 1. The molecule has 0 aromatic carbocycles. The summed E-state index contributed by atoms with van der Waals surface area (Å²) in [5, 5.41) is 8.53. The van der Waals surface area contributed by atoms with Gasteiger partial charge in [-0.1, -0.05) is 25.7 Å². The molecule has 0 aliphatic rings. The molecule has 0 rings (SSSR count). The Labute approximate surface area is 68.9 Å². The van der Waals surface area contributed by atoms with Crippen molar-refractivity contribution in [3.63, 3.8) is 0 Å². The minimum atomic E-state index is -1.11. The summed E-state index contributed by atoms with van der Waals surface area (Å²) in [7, 11) is -1.11. The number of hydrogen-bond donors (Lipinski definition) is 1. The van der Waals surface area contributed by atoms with Crippen molar-refractivity contribution in [1.29, 1.82) is 0 Å². The van der Waals surface area contributed by atoms with Crippen LogP contribution in [-0.2, 0) is 4.79 Å². The summed E-state index contributed by atoms with van der Waals surface area (Å²) in [6.45, 7) is 8.30. The Hall–Kier alpha value is -0.573. The van der Waals surface area contributed by atoms with Crippen molar-refractivity contribution in [3.05, 3.63) is 11.6 Å². The number of carboxylic acid groups (broad SMARTS) is 1. The van der Waals surface area contributed by atoms with Crippen molar-refractivity contribution in [1.82, 2.24) is 0 Å². The van der Waals surface area contributed by atoms with Gasteiger partial charge in [0.1, 0.15) is 0 Å². The maximum Gasteiger partial charge on any atom is 0.330 e. The Morgan fingerprint density at radius 1 is 1.45 bits per heavy atom. The Bertz CT molecular complexity index is 177. The maximum absolute atomic E-state index is 10.4. The van der Waals surface area contributed by atoms with Crippen molar-refractivity contribution in [3.8, 4) is 0 Å². The van der Waals surface area contributed by atoms with Gasteiger partial charge in [-0.05, 0) is 13.0 Å². The van der Waals surface area contributed by atoms with E-state index in [-0.39, 0.29) is 0 Å². The number of rotatable bonds is 3. The number of aliphatic carboxylic acids is 1. The average Bonchev–Trinajstić information content (AvgIpc) is 1.80. The molecule has 0 spiro atoms. The molecule has 0 aromatic heterocycles. The van der Waals surface area contributed by atoms with Gasteiger partial charge in [-0.2, -0.15) is 0 Å². The second-order valence-electron chi connectivity index (χ2n) is 3.96. The number of carbonyl (C=O) groups is 1. The molecule has 0 heterocycles. The fraction of sp³-hybridized carbons (Fsp3) is 0.625. The van der Waals surface area contributed by atoms with Gasteiger partial charge in [-0.25, -0.2) is 4.79 Å². The molecule has 0 bridgehead atoms. The molecule has 0 saturated heterocycles. The Kier molecular flexibility index (Phi) is 3.52. The third-order valence-corrected chi connectivity index (χ3v) is 2.79. The molecule has 11 heavy (non-hydrogen) atoms. The van der Waals surface area contributed by atoms with Crippen molar-refractivity contribution in [2.45, 2.75) is 32.6 Å². The topological polar surface area (TPSA) is 37.3 Å². The van der Waals surface area contributed by atoms with Gasteiger partial charge in [-0.15, -0.1) is 0 Å². The highest BCUT2D eigenvalue weighted by atomic mass is 28.3. The molecular weight excluding hydrogens is 156 g/mol. The van der Waals surface area contributed by atoms with E-state index in [0.29, 0.717) is 5.57 Å². The van der Waals surface area contributed by atoms with Crippen LogP contribution >= 0.6 is 0 Å². The maximum atomic E-state index is 10.4. The summed E-state index contributed by atoms with van der Waals surface area (Å²) < 4.78 is 0. The zero-order valence-electron chi connectivity index (χ0n) is 7.64. The summed E-state index contributed by atoms with van der Waals surface area (Å²) in [5.41, 5.74) is 0.465. The van der Waals surface area contributed by atoms with E-state index >= 15 is 0 Å². The molecule has 0 saturated carbocycles. The van der Waals surface area contributed by atoms with Gasteiger partial charge < -0.3 is 5.11 Å². The van der Waals surface area contributed by atoms with Crippen LogP contribution in [0.2, 0.25) is 25.7 Å². The van der Waals surface area contributed by atoms with E-state index in [0.717, 1.165) is 6.04 Å². The minimum Gasteiger partial charge on any atom is -0.478 e. The van der Waals surface area contributed by atoms with E-state index in [4.69, 9.17) is 5.11 Å². The molecular formula is C8H16O2Si. The highest BCUT2D eigenvalue weighted by molar-refractivity contribution is 6.76. The molecule has 0 aliphatic heterocycles. The first kappa shape index (κ1) is 10.4. The molecule has 64 valence electrons. The lowest BCUT2D eigenvalue weighted by Crippen LogP contribution is -2.18. The van der Waals surface area contributed by atoms with E-state index in [1.54, 1.807) is 6.92 Å². The lowest BCUT2D eigenvalue weighted by atomic mass is 10.3. The molecule has 0 aliphatic carbocycles. The fourth-order valence-corrected chi connectivity index (χ4v) is 1.47. The quantitative estimate of drug-likeness (QED) is 0.524. The van der Waals surface area contributed by atoms with Gasteiger partial charge in [0, 0.05) is 13.6 Å². The SMILES string of the molecule is C/C(=C\C[Si](C)(C)C)C(=O)O. The van der Waals surface area contributed by atoms with E-state index in [1.165, 1.54) is 0 Å². The minimum absolute atomic E-state index is 0.465. The third kappa shape index (κ3) is 5.85. The van der Waals surface area contributed by atoms with E-state index in [2.05, 4.69) is 19.6 Å². The zero-order chi connectivity index (χ0) is 9.07. The largest absolute Gasteiger partial charge is 0.478 e. The summed E-state index contributed by atoms with van der Waals surface area (Å²) in [5.74, 6) is -0.803. The summed E-state index contributed by atoms with van der Waals surface area (Å²) in [6.07, 6.45) is 1.83. The van der Waals surface area contributed by atoms with Crippen LogP contribution in [0.3, 0.4) is 0 Å². The van der Waals surface area contributed by atoms with Gasteiger partial charge in [0.2, 0.25) is 0 Å². The van der Waals surface area contributed by atoms with Crippen molar-refractivity contribution in [2.75, 3.05) is 0 Å².